The summed E-state index contributed by atoms with van der Waals surface area (Å²) in [5.41, 5.74) is 0.910. The Hall–Kier alpha value is -2.40. The second-order valence-corrected chi connectivity index (χ2v) is 10.6. The van der Waals surface area contributed by atoms with Gasteiger partial charge in [0, 0.05) is 16.9 Å². The first-order valence-electron chi connectivity index (χ1n) is 9.01. The Bertz CT molecular complexity index is 1120. The van der Waals surface area contributed by atoms with Crippen LogP contribution in [0, 0.1) is 0 Å². The molecule has 1 aromatic heterocycles. The van der Waals surface area contributed by atoms with E-state index in [2.05, 4.69) is 14.5 Å². The molecule has 0 bridgehead atoms. The molecule has 11 heteroatoms. The number of carbonyl (C=O) groups is 1. The van der Waals surface area contributed by atoms with E-state index in [1.165, 1.54) is 11.8 Å². The zero-order valence-electron chi connectivity index (χ0n) is 16.4. The molecule has 2 aliphatic heterocycles. The van der Waals surface area contributed by atoms with E-state index in [0.29, 0.717) is 23.1 Å². The maximum Gasteiger partial charge on any atom is 0.338 e. The summed E-state index contributed by atoms with van der Waals surface area (Å²) in [5.74, 6) is 0.210. The lowest BCUT2D eigenvalue weighted by Gasteiger charge is -2.22. The van der Waals surface area contributed by atoms with Gasteiger partial charge in [-0.3, -0.25) is 0 Å². The SMILES string of the molecule is CC(OC(=O)c1ccc2c(c1)SC1=NS(=O)(=O)CCN12)c1nc(C(C)(C)C)no1. The van der Waals surface area contributed by atoms with E-state index in [-0.39, 0.29) is 17.1 Å². The fourth-order valence-electron chi connectivity index (χ4n) is 2.84. The van der Waals surface area contributed by atoms with Crippen LogP contribution in [0.25, 0.3) is 0 Å². The van der Waals surface area contributed by atoms with Crippen LogP contribution in [0.15, 0.2) is 32.0 Å². The number of rotatable bonds is 3. The van der Waals surface area contributed by atoms with Gasteiger partial charge >= 0.3 is 5.97 Å². The Kier molecular flexibility index (Phi) is 4.69. The predicted octanol–water partition coefficient (Wildman–Crippen LogP) is 2.90. The summed E-state index contributed by atoms with van der Waals surface area (Å²) >= 11 is 1.22. The van der Waals surface area contributed by atoms with Crippen molar-refractivity contribution in [2.75, 3.05) is 17.2 Å². The largest absolute Gasteiger partial charge is 0.449 e. The third-order valence-corrected chi connectivity index (χ3v) is 6.76. The number of anilines is 1. The lowest BCUT2D eigenvalue weighted by atomic mass is 9.96. The summed E-state index contributed by atoms with van der Waals surface area (Å²) in [5, 5.41) is 4.35. The van der Waals surface area contributed by atoms with Crippen LogP contribution in [0.5, 0.6) is 0 Å². The van der Waals surface area contributed by atoms with Crippen LogP contribution in [0.4, 0.5) is 5.69 Å². The highest BCUT2D eigenvalue weighted by Crippen LogP contribution is 2.42. The van der Waals surface area contributed by atoms with E-state index in [1.54, 1.807) is 25.1 Å². The quantitative estimate of drug-likeness (QED) is 0.670. The molecule has 2 aliphatic rings. The van der Waals surface area contributed by atoms with Crippen molar-refractivity contribution < 1.29 is 22.5 Å². The Balaban J connectivity index is 1.51. The molecular weight excluding hydrogens is 416 g/mol. The number of nitrogens with zero attached hydrogens (tertiary/aromatic N) is 4. The Morgan fingerprint density at radius 3 is 2.79 bits per heavy atom. The van der Waals surface area contributed by atoms with E-state index in [9.17, 15) is 13.2 Å². The number of aromatic nitrogens is 2. The van der Waals surface area contributed by atoms with Gasteiger partial charge in [0.15, 0.2) is 17.1 Å². The summed E-state index contributed by atoms with van der Waals surface area (Å²) < 4.78 is 37.9. The number of amidine groups is 1. The van der Waals surface area contributed by atoms with Crippen molar-refractivity contribution in [3.63, 3.8) is 0 Å². The molecule has 0 radical (unpaired) electrons. The van der Waals surface area contributed by atoms with Gasteiger partial charge < -0.3 is 14.2 Å². The van der Waals surface area contributed by atoms with Crippen molar-refractivity contribution in [1.29, 1.82) is 0 Å². The Morgan fingerprint density at radius 2 is 2.10 bits per heavy atom. The van der Waals surface area contributed by atoms with Crippen LogP contribution in [-0.4, -0.2) is 42.0 Å². The molecule has 9 nitrogen and oxygen atoms in total. The van der Waals surface area contributed by atoms with Crippen LogP contribution in [0.1, 0.15) is 55.9 Å². The van der Waals surface area contributed by atoms with Crippen molar-refractivity contribution >= 4 is 38.6 Å². The molecular formula is C18H20N4O5S2. The lowest BCUT2D eigenvalue weighted by molar-refractivity contribution is 0.0265. The molecule has 0 saturated carbocycles. The molecule has 4 rings (SSSR count). The van der Waals surface area contributed by atoms with Gasteiger partial charge in [-0.25, -0.2) is 13.2 Å². The van der Waals surface area contributed by atoms with Crippen molar-refractivity contribution in [2.45, 2.75) is 44.1 Å². The summed E-state index contributed by atoms with van der Waals surface area (Å²) in [6.07, 6.45) is -0.701. The van der Waals surface area contributed by atoms with Gasteiger partial charge in [0.2, 0.25) is 0 Å². The highest BCUT2D eigenvalue weighted by molar-refractivity contribution is 8.15. The molecule has 2 aromatic rings. The van der Waals surface area contributed by atoms with Gasteiger partial charge in [-0.15, -0.1) is 4.40 Å². The van der Waals surface area contributed by atoms with E-state index in [1.807, 2.05) is 25.7 Å². The lowest BCUT2D eigenvalue weighted by Crippen LogP contribution is -2.35. The molecule has 0 aliphatic carbocycles. The number of hydrogen-bond acceptors (Lipinski definition) is 9. The second kappa shape index (κ2) is 6.84. The number of fused-ring (bicyclic) bond motifs is 3. The normalized spacial score (nSPS) is 18.6. The van der Waals surface area contributed by atoms with Gasteiger partial charge in [-0.05, 0) is 36.9 Å². The maximum atomic E-state index is 12.6. The second-order valence-electron chi connectivity index (χ2n) is 7.85. The molecule has 1 unspecified atom stereocenters. The smallest absolute Gasteiger partial charge is 0.338 e. The third-order valence-electron chi connectivity index (χ3n) is 4.45. The number of carbonyl (C=O) groups excluding carboxylic acids is 1. The van der Waals surface area contributed by atoms with Crippen LogP contribution in [0.2, 0.25) is 0 Å². The van der Waals surface area contributed by atoms with E-state index in [4.69, 9.17) is 9.26 Å². The molecule has 1 atom stereocenters. The summed E-state index contributed by atoms with van der Waals surface area (Å²) in [7, 11) is -3.43. The molecule has 1 aromatic carbocycles. The van der Waals surface area contributed by atoms with E-state index < -0.39 is 22.1 Å². The van der Waals surface area contributed by atoms with Crippen molar-refractivity contribution in [3.05, 3.63) is 35.5 Å². The molecule has 0 fully saturated rings. The van der Waals surface area contributed by atoms with Crippen LogP contribution < -0.4 is 4.90 Å². The summed E-state index contributed by atoms with van der Waals surface area (Å²) in [6.45, 7) is 7.90. The number of sulfonamides is 1. The number of thioether (sulfide) groups is 1. The van der Waals surface area contributed by atoms with Gasteiger partial charge in [-0.2, -0.15) is 4.98 Å². The van der Waals surface area contributed by atoms with Crippen LogP contribution >= 0.6 is 11.8 Å². The predicted molar refractivity (Wildman–Crippen MR) is 108 cm³/mol. The minimum atomic E-state index is -3.43. The highest BCUT2D eigenvalue weighted by atomic mass is 32.2. The topological polar surface area (TPSA) is 115 Å². The fourth-order valence-corrected chi connectivity index (χ4v) is 5.14. The minimum absolute atomic E-state index is 0.0292. The minimum Gasteiger partial charge on any atom is -0.449 e. The van der Waals surface area contributed by atoms with Gasteiger partial charge in [0.05, 0.1) is 17.0 Å². The van der Waals surface area contributed by atoms with Crippen molar-refractivity contribution in [2.24, 2.45) is 4.40 Å². The molecule has 0 spiro atoms. The van der Waals surface area contributed by atoms with Crippen LogP contribution in [-0.2, 0) is 20.2 Å². The Morgan fingerprint density at radius 1 is 1.34 bits per heavy atom. The molecule has 0 amide bonds. The average Bonchev–Trinajstić information content (AvgIpc) is 3.24. The molecule has 29 heavy (non-hydrogen) atoms. The molecule has 3 heterocycles. The first-order chi connectivity index (χ1) is 13.5. The summed E-state index contributed by atoms with van der Waals surface area (Å²) in [6, 6.07) is 5.10. The van der Waals surface area contributed by atoms with Gasteiger partial charge in [0.1, 0.15) is 0 Å². The Labute approximate surface area is 172 Å². The van der Waals surface area contributed by atoms with E-state index >= 15 is 0 Å². The number of hydrogen-bond donors (Lipinski definition) is 0. The standard InChI is InChI=1S/C18H20N4O5S2/c1-10(14-19-16(20-27-14)18(2,3)4)26-15(23)11-5-6-12-13(9-11)28-17-21-29(24,25)8-7-22(12)17/h5-6,9-10H,7-8H2,1-4H3. The fraction of sp³-hybridized carbons (Fsp3) is 0.444. The summed E-state index contributed by atoms with van der Waals surface area (Å²) in [4.78, 5) is 19.5. The zero-order valence-corrected chi connectivity index (χ0v) is 18.0. The molecule has 0 N–H and O–H groups in total. The maximum absolute atomic E-state index is 12.6. The zero-order chi connectivity index (χ0) is 21.0. The highest BCUT2D eigenvalue weighted by Gasteiger charge is 2.34. The van der Waals surface area contributed by atoms with Crippen molar-refractivity contribution in [3.8, 4) is 0 Å². The number of esters is 1. The van der Waals surface area contributed by atoms with Crippen molar-refractivity contribution in [1.82, 2.24) is 10.1 Å². The first-order valence-corrected chi connectivity index (χ1v) is 11.4. The number of ether oxygens (including phenoxy) is 1. The average molecular weight is 437 g/mol. The van der Waals surface area contributed by atoms with Gasteiger partial charge in [0.25, 0.3) is 15.9 Å². The van der Waals surface area contributed by atoms with E-state index in [0.717, 1.165) is 10.6 Å². The first kappa shape index (κ1) is 19.9. The monoisotopic (exact) mass is 436 g/mol. The van der Waals surface area contributed by atoms with Gasteiger partial charge in [-0.1, -0.05) is 25.9 Å². The third kappa shape index (κ3) is 3.88. The molecule has 154 valence electrons. The van der Waals surface area contributed by atoms with Crippen LogP contribution in [0.3, 0.4) is 0 Å². The molecule has 0 saturated heterocycles. The number of benzene rings is 1.